The van der Waals surface area contributed by atoms with E-state index in [9.17, 15) is 0 Å². The lowest BCUT2D eigenvalue weighted by atomic mass is 9.77. The van der Waals surface area contributed by atoms with Gasteiger partial charge in [0.15, 0.2) is 11.5 Å². The molecule has 3 aliphatic rings. The molecule has 31 heavy (non-hydrogen) atoms. The van der Waals surface area contributed by atoms with E-state index in [4.69, 9.17) is 14.2 Å². The number of nitrogens with zero attached hydrogens (tertiary/aromatic N) is 3. The Balaban J connectivity index is 1.43. The fourth-order valence-electron chi connectivity index (χ4n) is 5.14. The van der Waals surface area contributed by atoms with E-state index in [2.05, 4.69) is 39.1 Å². The molecule has 2 aromatic heterocycles. The van der Waals surface area contributed by atoms with Gasteiger partial charge in [-0.05, 0) is 30.3 Å². The van der Waals surface area contributed by atoms with Gasteiger partial charge in [-0.1, -0.05) is 6.07 Å². The summed E-state index contributed by atoms with van der Waals surface area (Å²) in [6.45, 7) is 3.30. The van der Waals surface area contributed by atoms with Crippen LogP contribution in [0.2, 0.25) is 0 Å². The number of anilines is 1. The lowest BCUT2D eigenvalue weighted by molar-refractivity contribution is 0.171. The van der Waals surface area contributed by atoms with E-state index in [0.29, 0.717) is 19.8 Å². The second-order valence-electron chi connectivity index (χ2n) is 8.20. The van der Waals surface area contributed by atoms with Crippen LogP contribution in [0.5, 0.6) is 17.2 Å². The van der Waals surface area contributed by atoms with Gasteiger partial charge in [0.2, 0.25) is 0 Å². The van der Waals surface area contributed by atoms with Crippen molar-refractivity contribution in [3.8, 4) is 17.2 Å². The number of hydrogen-bond acceptors (Lipinski definition) is 7. The maximum absolute atomic E-state index is 6.29. The Morgan fingerprint density at radius 1 is 0.968 bits per heavy atom. The molecule has 7 rings (SSSR count). The summed E-state index contributed by atoms with van der Waals surface area (Å²) in [5, 5.41) is 0. The first-order chi connectivity index (χ1) is 15.3. The molecule has 6 nitrogen and oxygen atoms in total. The average Bonchev–Trinajstić information content (AvgIpc) is 3.50. The Morgan fingerprint density at radius 3 is 2.74 bits per heavy atom. The predicted molar refractivity (Wildman–Crippen MR) is 119 cm³/mol. The Bertz CT molecular complexity index is 1320. The Hall–Kier alpha value is -3.32. The van der Waals surface area contributed by atoms with Gasteiger partial charge in [0.1, 0.15) is 25.6 Å². The van der Waals surface area contributed by atoms with Crippen LogP contribution in [0.15, 0.2) is 54.2 Å². The summed E-state index contributed by atoms with van der Waals surface area (Å²) in [6, 6.07) is 14.5. The van der Waals surface area contributed by atoms with Gasteiger partial charge in [-0.2, -0.15) is 0 Å². The molecule has 0 fully saturated rings. The Kier molecular flexibility index (Phi) is 3.55. The van der Waals surface area contributed by atoms with Gasteiger partial charge < -0.3 is 19.1 Å². The number of pyridine rings is 1. The van der Waals surface area contributed by atoms with Crippen molar-refractivity contribution >= 4 is 27.2 Å². The monoisotopic (exact) mass is 429 g/mol. The minimum Gasteiger partial charge on any atom is -0.492 e. The van der Waals surface area contributed by atoms with Crippen LogP contribution in [-0.4, -0.2) is 36.3 Å². The van der Waals surface area contributed by atoms with Gasteiger partial charge in [0.25, 0.3) is 0 Å². The highest BCUT2D eigenvalue weighted by molar-refractivity contribution is 7.17. The summed E-state index contributed by atoms with van der Waals surface area (Å²) in [5.41, 5.74) is 7.45. The number of hydrogen-bond donors (Lipinski definition) is 0. The number of aromatic nitrogens is 2. The maximum atomic E-state index is 6.29. The van der Waals surface area contributed by atoms with Crippen LogP contribution in [-0.2, 0) is 12.0 Å². The second-order valence-corrected chi connectivity index (χ2v) is 9.06. The van der Waals surface area contributed by atoms with Crippen molar-refractivity contribution < 1.29 is 14.2 Å². The van der Waals surface area contributed by atoms with Crippen molar-refractivity contribution in [3.63, 3.8) is 0 Å². The standard InChI is InChI=1S/C24H19N3O3S/c1-2-6-25-15(3-1)11-27-12-24(22-18(27)5-4-17-23(22)31-14-26-17)13-30-19-10-21-20(9-16(19)24)28-7-8-29-21/h1-6,9-10,14H,7-8,11-13H2. The van der Waals surface area contributed by atoms with E-state index in [1.807, 2.05) is 29.9 Å². The predicted octanol–water partition coefficient (Wildman–Crippen LogP) is 4.16. The van der Waals surface area contributed by atoms with E-state index in [0.717, 1.165) is 41.5 Å². The normalized spacial score (nSPS) is 20.7. The molecule has 0 saturated heterocycles. The van der Waals surface area contributed by atoms with Crippen LogP contribution < -0.4 is 19.1 Å². The largest absolute Gasteiger partial charge is 0.492 e. The number of ether oxygens (including phenoxy) is 3. The van der Waals surface area contributed by atoms with E-state index in [1.54, 1.807) is 11.3 Å². The average molecular weight is 430 g/mol. The molecule has 1 spiro atoms. The van der Waals surface area contributed by atoms with E-state index < -0.39 is 0 Å². The molecule has 0 radical (unpaired) electrons. The van der Waals surface area contributed by atoms with Crippen molar-refractivity contribution in [2.24, 2.45) is 0 Å². The van der Waals surface area contributed by atoms with E-state index in [1.165, 1.54) is 21.5 Å². The summed E-state index contributed by atoms with van der Waals surface area (Å²) < 4.78 is 19.2. The van der Waals surface area contributed by atoms with Crippen molar-refractivity contribution in [2.75, 3.05) is 31.3 Å². The van der Waals surface area contributed by atoms with Crippen LogP contribution >= 0.6 is 11.3 Å². The number of benzene rings is 2. The van der Waals surface area contributed by atoms with E-state index >= 15 is 0 Å². The van der Waals surface area contributed by atoms with Crippen molar-refractivity contribution in [1.82, 2.24) is 9.97 Å². The topological polar surface area (TPSA) is 56.7 Å². The van der Waals surface area contributed by atoms with Crippen molar-refractivity contribution in [1.29, 1.82) is 0 Å². The quantitative estimate of drug-likeness (QED) is 0.477. The van der Waals surface area contributed by atoms with Crippen LogP contribution in [0.25, 0.3) is 10.2 Å². The third-order valence-electron chi connectivity index (χ3n) is 6.47. The number of thiazole rings is 1. The molecule has 7 heteroatoms. The van der Waals surface area contributed by atoms with Gasteiger partial charge >= 0.3 is 0 Å². The summed E-state index contributed by atoms with van der Waals surface area (Å²) in [4.78, 5) is 11.6. The zero-order valence-corrected chi connectivity index (χ0v) is 17.5. The third-order valence-corrected chi connectivity index (χ3v) is 7.33. The molecule has 1 unspecified atom stereocenters. The molecule has 2 aromatic carbocycles. The Morgan fingerprint density at radius 2 is 1.87 bits per heavy atom. The zero-order chi connectivity index (χ0) is 20.4. The molecule has 4 aromatic rings. The molecule has 0 bridgehead atoms. The van der Waals surface area contributed by atoms with Crippen LogP contribution in [0, 0.1) is 0 Å². The highest BCUT2D eigenvalue weighted by Crippen LogP contribution is 2.56. The third kappa shape index (κ3) is 2.44. The summed E-state index contributed by atoms with van der Waals surface area (Å²) in [6.07, 6.45) is 1.85. The molecule has 0 amide bonds. The van der Waals surface area contributed by atoms with E-state index in [-0.39, 0.29) is 5.41 Å². The van der Waals surface area contributed by atoms with Crippen molar-refractivity contribution in [3.05, 3.63) is 71.0 Å². The van der Waals surface area contributed by atoms with Gasteiger partial charge in [-0.3, -0.25) is 4.98 Å². The number of rotatable bonds is 2. The fourth-order valence-corrected chi connectivity index (χ4v) is 6.07. The molecule has 154 valence electrons. The van der Waals surface area contributed by atoms with Gasteiger partial charge in [-0.15, -0.1) is 11.3 Å². The summed E-state index contributed by atoms with van der Waals surface area (Å²) in [5.74, 6) is 2.45. The molecular formula is C24H19N3O3S. The Labute approximate surface area is 183 Å². The second kappa shape index (κ2) is 6.34. The molecule has 0 aliphatic carbocycles. The highest BCUT2D eigenvalue weighted by atomic mass is 32.1. The van der Waals surface area contributed by atoms with Crippen LogP contribution in [0.4, 0.5) is 5.69 Å². The minimum atomic E-state index is -0.276. The van der Waals surface area contributed by atoms with Gasteiger partial charge in [0.05, 0.1) is 33.4 Å². The molecule has 1 atom stereocenters. The molecule has 3 aliphatic heterocycles. The minimum absolute atomic E-state index is 0.276. The van der Waals surface area contributed by atoms with Crippen molar-refractivity contribution in [2.45, 2.75) is 12.0 Å². The molecular weight excluding hydrogens is 410 g/mol. The molecule has 5 heterocycles. The van der Waals surface area contributed by atoms with Gasteiger partial charge in [-0.25, -0.2) is 4.98 Å². The number of fused-ring (bicyclic) bond motifs is 7. The highest BCUT2D eigenvalue weighted by Gasteiger charge is 2.51. The first-order valence-electron chi connectivity index (χ1n) is 10.4. The summed E-state index contributed by atoms with van der Waals surface area (Å²) >= 11 is 1.70. The lowest BCUT2D eigenvalue weighted by Gasteiger charge is -2.26. The fraction of sp³-hybridized carbons (Fsp3) is 0.250. The first-order valence-corrected chi connectivity index (χ1v) is 11.3. The zero-order valence-electron chi connectivity index (χ0n) is 16.7. The van der Waals surface area contributed by atoms with Gasteiger partial charge in [0, 0.05) is 35.6 Å². The van der Waals surface area contributed by atoms with Crippen LogP contribution in [0.3, 0.4) is 0 Å². The maximum Gasteiger partial charge on any atom is 0.165 e. The smallest absolute Gasteiger partial charge is 0.165 e. The molecule has 0 saturated carbocycles. The molecule has 0 N–H and O–H groups in total. The first kappa shape index (κ1) is 17.4. The SMILES string of the molecule is c1ccc(CN2CC3(COc4cc5c(cc43)OCCO5)c3c2ccc2ncsc32)nc1. The summed E-state index contributed by atoms with van der Waals surface area (Å²) in [7, 11) is 0. The van der Waals surface area contributed by atoms with Crippen LogP contribution in [0.1, 0.15) is 16.8 Å². The lowest BCUT2D eigenvalue weighted by Crippen LogP contribution is -2.36.